The Morgan fingerprint density at radius 2 is 1.94 bits per heavy atom. The third-order valence-electron chi connectivity index (χ3n) is 2.03. The number of aromatic hydroxyl groups is 1. The number of carbonyl (C=O) groups excluding carboxylic acids is 1. The topological polar surface area (TPSA) is 49.8 Å². The zero-order valence-electron chi connectivity index (χ0n) is 9.80. The molecule has 0 aliphatic carbocycles. The van der Waals surface area contributed by atoms with Crippen molar-refractivity contribution in [3.63, 3.8) is 0 Å². The van der Waals surface area contributed by atoms with Crippen LogP contribution >= 0.6 is 0 Å². The molecule has 1 unspecified atom stereocenters. The SMILES string of the molecule is CC(CN(C)C)OC(=O)c1ccc(O)cc1. The summed E-state index contributed by atoms with van der Waals surface area (Å²) in [5.74, 6) is -0.229. The van der Waals surface area contributed by atoms with Gasteiger partial charge in [0, 0.05) is 6.54 Å². The first-order valence-corrected chi connectivity index (χ1v) is 5.14. The van der Waals surface area contributed by atoms with Gasteiger partial charge < -0.3 is 14.7 Å². The molecule has 16 heavy (non-hydrogen) atoms. The molecule has 0 aliphatic rings. The van der Waals surface area contributed by atoms with E-state index in [4.69, 9.17) is 9.84 Å². The Labute approximate surface area is 95.5 Å². The number of phenols is 1. The van der Waals surface area contributed by atoms with Gasteiger partial charge in [-0.05, 0) is 45.3 Å². The molecule has 0 aromatic heterocycles. The quantitative estimate of drug-likeness (QED) is 0.786. The normalized spacial score (nSPS) is 12.5. The first kappa shape index (κ1) is 12.5. The summed E-state index contributed by atoms with van der Waals surface area (Å²) in [7, 11) is 3.84. The van der Waals surface area contributed by atoms with Gasteiger partial charge in [0.15, 0.2) is 0 Å². The molecule has 0 saturated carbocycles. The first-order valence-electron chi connectivity index (χ1n) is 5.14. The van der Waals surface area contributed by atoms with Gasteiger partial charge in [0.25, 0.3) is 0 Å². The molecule has 88 valence electrons. The van der Waals surface area contributed by atoms with Crippen molar-refractivity contribution >= 4 is 5.97 Å². The number of ether oxygens (including phenoxy) is 1. The van der Waals surface area contributed by atoms with Crippen LogP contribution in [0.3, 0.4) is 0 Å². The summed E-state index contributed by atoms with van der Waals surface area (Å²) in [6, 6.07) is 6.01. The molecule has 0 amide bonds. The van der Waals surface area contributed by atoms with Crippen LogP contribution in [0.4, 0.5) is 0 Å². The molecule has 4 nitrogen and oxygen atoms in total. The molecule has 0 aliphatic heterocycles. The van der Waals surface area contributed by atoms with Gasteiger partial charge in [0.2, 0.25) is 0 Å². The van der Waals surface area contributed by atoms with E-state index in [0.717, 1.165) is 0 Å². The Bertz CT molecular complexity index is 346. The highest BCUT2D eigenvalue weighted by molar-refractivity contribution is 5.89. The summed E-state index contributed by atoms with van der Waals surface area (Å²) in [5.41, 5.74) is 0.448. The van der Waals surface area contributed by atoms with E-state index in [0.29, 0.717) is 12.1 Å². The standard InChI is InChI=1S/C12H17NO3/c1-9(8-13(2)3)16-12(15)10-4-6-11(14)7-5-10/h4-7,9,14H,8H2,1-3H3. The van der Waals surface area contributed by atoms with Crippen molar-refractivity contribution in [1.29, 1.82) is 0 Å². The molecule has 0 heterocycles. The lowest BCUT2D eigenvalue weighted by Gasteiger charge is -2.17. The highest BCUT2D eigenvalue weighted by Gasteiger charge is 2.12. The third kappa shape index (κ3) is 3.90. The summed E-state index contributed by atoms with van der Waals surface area (Å²) < 4.78 is 5.22. The molecule has 1 atom stereocenters. The van der Waals surface area contributed by atoms with E-state index in [9.17, 15) is 4.79 Å². The number of carbonyl (C=O) groups is 1. The molecule has 0 spiro atoms. The molecule has 4 heteroatoms. The minimum atomic E-state index is -0.366. The molecular weight excluding hydrogens is 206 g/mol. The molecule has 1 N–H and O–H groups in total. The largest absolute Gasteiger partial charge is 0.508 e. The highest BCUT2D eigenvalue weighted by atomic mass is 16.5. The number of rotatable bonds is 4. The second-order valence-corrected chi connectivity index (χ2v) is 4.03. The molecule has 0 saturated heterocycles. The van der Waals surface area contributed by atoms with Crippen LogP contribution < -0.4 is 0 Å². The number of likely N-dealkylation sites (N-methyl/N-ethyl adjacent to an activating group) is 1. The average molecular weight is 223 g/mol. The summed E-state index contributed by atoms with van der Waals surface area (Å²) in [6.07, 6.45) is -0.156. The zero-order valence-corrected chi connectivity index (χ0v) is 9.80. The Morgan fingerprint density at radius 3 is 2.44 bits per heavy atom. The maximum atomic E-state index is 11.6. The van der Waals surface area contributed by atoms with Crippen molar-refractivity contribution in [1.82, 2.24) is 4.90 Å². The van der Waals surface area contributed by atoms with Crippen molar-refractivity contribution in [3.8, 4) is 5.75 Å². The van der Waals surface area contributed by atoms with Gasteiger partial charge in [0.1, 0.15) is 11.9 Å². The smallest absolute Gasteiger partial charge is 0.338 e. The van der Waals surface area contributed by atoms with Crippen molar-refractivity contribution < 1.29 is 14.6 Å². The van der Waals surface area contributed by atoms with Gasteiger partial charge in [-0.2, -0.15) is 0 Å². The number of nitrogens with zero attached hydrogens (tertiary/aromatic N) is 1. The van der Waals surface area contributed by atoms with Gasteiger partial charge in [-0.1, -0.05) is 0 Å². The van der Waals surface area contributed by atoms with E-state index in [1.807, 2.05) is 25.9 Å². The van der Waals surface area contributed by atoms with Crippen LogP contribution in [-0.2, 0) is 4.74 Å². The Kier molecular flexibility index (Phi) is 4.31. The van der Waals surface area contributed by atoms with Crippen LogP contribution in [0.2, 0.25) is 0 Å². The summed E-state index contributed by atoms with van der Waals surface area (Å²) in [4.78, 5) is 13.6. The van der Waals surface area contributed by atoms with E-state index >= 15 is 0 Å². The van der Waals surface area contributed by atoms with E-state index < -0.39 is 0 Å². The van der Waals surface area contributed by atoms with Crippen LogP contribution in [0.1, 0.15) is 17.3 Å². The number of hydrogen-bond donors (Lipinski definition) is 1. The summed E-state index contributed by atoms with van der Waals surface area (Å²) in [5, 5.41) is 9.08. The van der Waals surface area contributed by atoms with E-state index in [1.54, 1.807) is 12.1 Å². The maximum absolute atomic E-state index is 11.6. The monoisotopic (exact) mass is 223 g/mol. The Hall–Kier alpha value is -1.55. The van der Waals surface area contributed by atoms with E-state index in [2.05, 4.69) is 0 Å². The number of benzene rings is 1. The second kappa shape index (κ2) is 5.51. The molecule has 1 rings (SSSR count). The van der Waals surface area contributed by atoms with Gasteiger partial charge >= 0.3 is 5.97 Å². The van der Waals surface area contributed by atoms with E-state index in [1.165, 1.54) is 12.1 Å². The lowest BCUT2D eigenvalue weighted by Crippen LogP contribution is -2.27. The highest BCUT2D eigenvalue weighted by Crippen LogP contribution is 2.11. The van der Waals surface area contributed by atoms with Gasteiger partial charge in [-0.25, -0.2) is 4.79 Å². The molecule has 1 aromatic carbocycles. The van der Waals surface area contributed by atoms with Crippen molar-refractivity contribution in [2.24, 2.45) is 0 Å². The fourth-order valence-corrected chi connectivity index (χ4v) is 1.40. The average Bonchev–Trinajstić information content (AvgIpc) is 2.16. The van der Waals surface area contributed by atoms with Crippen molar-refractivity contribution in [2.75, 3.05) is 20.6 Å². The van der Waals surface area contributed by atoms with Gasteiger partial charge in [-0.15, -0.1) is 0 Å². The molecular formula is C12H17NO3. The van der Waals surface area contributed by atoms with Crippen LogP contribution in [0.15, 0.2) is 24.3 Å². The first-order chi connectivity index (χ1) is 7.49. The minimum absolute atomic E-state index is 0.137. The lowest BCUT2D eigenvalue weighted by atomic mass is 10.2. The minimum Gasteiger partial charge on any atom is -0.508 e. The van der Waals surface area contributed by atoms with E-state index in [-0.39, 0.29) is 17.8 Å². The van der Waals surface area contributed by atoms with Crippen LogP contribution in [0, 0.1) is 0 Å². The summed E-state index contributed by atoms with van der Waals surface area (Å²) >= 11 is 0. The Balaban J connectivity index is 2.55. The fourth-order valence-electron chi connectivity index (χ4n) is 1.40. The number of esters is 1. The zero-order chi connectivity index (χ0) is 12.1. The predicted molar refractivity (Wildman–Crippen MR) is 61.5 cm³/mol. The van der Waals surface area contributed by atoms with Gasteiger partial charge in [0.05, 0.1) is 5.56 Å². The molecule has 0 bridgehead atoms. The summed E-state index contributed by atoms with van der Waals surface area (Å²) in [6.45, 7) is 2.53. The molecule has 1 aromatic rings. The lowest BCUT2D eigenvalue weighted by molar-refractivity contribution is 0.0289. The number of hydrogen-bond acceptors (Lipinski definition) is 4. The Morgan fingerprint density at radius 1 is 1.38 bits per heavy atom. The maximum Gasteiger partial charge on any atom is 0.338 e. The van der Waals surface area contributed by atoms with Crippen LogP contribution in [0.25, 0.3) is 0 Å². The van der Waals surface area contributed by atoms with Crippen molar-refractivity contribution in [3.05, 3.63) is 29.8 Å². The molecule has 0 fully saturated rings. The van der Waals surface area contributed by atoms with Crippen LogP contribution in [-0.4, -0.2) is 42.7 Å². The number of phenolic OH excluding ortho intramolecular Hbond substituents is 1. The predicted octanol–water partition coefficient (Wildman–Crippen LogP) is 1.50. The fraction of sp³-hybridized carbons (Fsp3) is 0.417. The third-order valence-corrected chi connectivity index (χ3v) is 2.03. The molecule has 0 radical (unpaired) electrons. The van der Waals surface area contributed by atoms with Crippen LogP contribution in [0.5, 0.6) is 5.75 Å². The van der Waals surface area contributed by atoms with Crippen molar-refractivity contribution in [2.45, 2.75) is 13.0 Å². The van der Waals surface area contributed by atoms with Gasteiger partial charge in [-0.3, -0.25) is 0 Å². The second-order valence-electron chi connectivity index (χ2n) is 4.03.